The summed E-state index contributed by atoms with van der Waals surface area (Å²) in [5.41, 5.74) is 5.77. The first kappa shape index (κ1) is 18.7. The molecule has 25 heavy (non-hydrogen) atoms. The molecule has 0 aliphatic rings. The highest BCUT2D eigenvalue weighted by atomic mass is 16.5. The van der Waals surface area contributed by atoms with Crippen LogP contribution >= 0.6 is 0 Å². The van der Waals surface area contributed by atoms with E-state index in [0.29, 0.717) is 12.1 Å². The van der Waals surface area contributed by atoms with E-state index in [1.807, 2.05) is 64.1 Å². The second kappa shape index (κ2) is 8.47. The molecule has 0 radical (unpaired) electrons. The van der Waals surface area contributed by atoms with E-state index in [1.165, 1.54) is 11.1 Å². The summed E-state index contributed by atoms with van der Waals surface area (Å²) in [5.74, 6) is -0.742. The molecule has 4 nitrogen and oxygen atoms in total. The summed E-state index contributed by atoms with van der Waals surface area (Å²) >= 11 is 0. The van der Waals surface area contributed by atoms with Crippen LogP contribution in [0.1, 0.15) is 38.2 Å². The Hall–Kier alpha value is -2.62. The first-order valence-corrected chi connectivity index (χ1v) is 8.44. The van der Waals surface area contributed by atoms with Gasteiger partial charge in [-0.3, -0.25) is 4.79 Å². The van der Waals surface area contributed by atoms with E-state index in [9.17, 15) is 9.59 Å². The summed E-state index contributed by atoms with van der Waals surface area (Å²) in [6, 6.07) is 11.9. The van der Waals surface area contributed by atoms with Crippen molar-refractivity contribution in [1.82, 2.24) is 5.32 Å². The zero-order valence-electron chi connectivity index (χ0n) is 15.3. The Morgan fingerprint density at radius 3 is 2.24 bits per heavy atom. The zero-order valence-corrected chi connectivity index (χ0v) is 15.3. The van der Waals surface area contributed by atoms with E-state index < -0.39 is 5.97 Å². The standard InChI is InChI=1S/C21H25NO3/c1-14-11-16(3)20(17(4)12-14)21(24)25-13-19(23)22-10-9-18-8-6-5-7-15(18)2/h5-8,11-12H,9-10,13H2,1-4H3,(H,22,23). The third-order valence-corrected chi connectivity index (χ3v) is 4.19. The summed E-state index contributed by atoms with van der Waals surface area (Å²) in [5, 5.41) is 2.79. The van der Waals surface area contributed by atoms with Crippen molar-refractivity contribution in [3.8, 4) is 0 Å². The van der Waals surface area contributed by atoms with Crippen LogP contribution < -0.4 is 5.32 Å². The Balaban J connectivity index is 1.82. The van der Waals surface area contributed by atoms with Gasteiger partial charge in [0.2, 0.25) is 0 Å². The van der Waals surface area contributed by atoms with Crippen molar-refractivity contribution in [3.63, 3.8) is 0 Å². The molecule has 2 aromatic rings. The number of carbonyl (C=O) groups is 2. The van der Waals surface area contributed by atoms with Gasteiger partial charge in [-0.15, -0.1) is 0 Å². The Morgan fingerprint density at radius 2 is 1.60 bits per heavy atom. The second-order valence-electron chi connectivity index (χ2n) is 6.38. The molecule has 4 heteroatoms. The molecule has 2 aromatic carbocycles. The van der Waals surface area contributed by atoms with Crippen LogP contribution in [0.25, 0.3) is 0 Å². The number of aryl methyl sites for hydroxylation is 4. The molecule has 0 aliphatic carbocycles. The predicted octanol–water partition coefficient (Wildman–Crippen LogP) is 3.44. The molecule has 0 saturated carbocycles. The van der Waals surface area contributed by atoms with E-state index in [2.05, 4.69) is 5.32 Å². The highest BCUT2D eigenvalue weighted by molar-refractivity contribution is 5.94. The number of hydrogen-bond donors (Lipinski definition) is 1. The SMILES string of the molecule is Cc1cc(C)c(C(=O)OCC(=O)NCCc2ccccc2C)c(C)c1. The van der Waals surface area contributed by atoms with Crippen molar-refractivity contribution in [2.75, 3.05) is 13.2 Å². The van der Waals surface area contributed by atoms with Crippen LogP contribution in [0.2, 0.25) is 0 Å². The molecule has 0 fully saturated rings. The minimum absolute atomic E-state index is 0.265. The third kappa shape index (κ3) is 5.18. The average molecular weight is 339 g/mol. The van der Waals surface area contributed by atoms with Crippen LogP contribution in [-0.4, -0.2) is 25.0 Å². The van der Waals surface area contributed by atoms with Gasteiger partial charge in [0.15, 0.2) is 6.61 Å². The van der Waals surface area contributed by atoms with Gasteiger partial charge in [-0.1, -0.05) is 42.0 Å². The molecule has 0 atom stereocenters. The lowest BCUT2D eigenvalue weighted by Gasteiger charge is -2.11. The maximum atomic E-state index is 12.2. The minimum Gasteiger partial charge on any atom is -0.452 e. The van der Waals surface area contributed by atoms with Gasteiger partial charge in [-0.05, 0) is 56.4 Å². The van der Waals surface area contributed by atoms with Crippen molar-refractivity contribution in [2.24, 2.45) is 0 Å². The number of hydrogen-bond acceptors (Lipinski definition) is 3. The van der Waals surface area contributed by atoms with Crippen LogP contribution in [0.15, 0.2) is 36.4 Å². The van der Waals surface area contributed by atoms with Gasteiger partial charge in [0, 0.05) is 6.54 Å². The van der Waals surface area contributed by atoms with E-state index in [4.69, 9.17) is 4.74 Å². The fourth-order valence-corrected chi connectivity index (χ4v) is 2.98. The molecule has 1 N–H and O–H groups in total. The molecule has 0 unspecified atom stereocenters. The van der Waals surface area contributed by atoms with Crippen molar-refractivity contribution >= 4 is 11.9 Å². The van der Waals surface area contributed by atoms with Crippen LogP contribution in [0.4, 0.5) is 0 Å². The molecule has 132 valence electrons. The highest BCUT2D eigenvalue weighted by Crippen LogP contribution is 2.17. The Labute approximate surface area is 149 Å². The van der Waals surface area contributed by atoms with Gasteiger partial charge in [0.25, 0.3) is 5.91 Å². The predicted molar refractivity (Wildman–Crippen MR) is 98.8 cm³/mol. The smallest absolute Gasteiger partial charge is 0.339 e. The summed E-state index contributed by atoms with van der Waals surface area (Å²) in [6.45, 7) is 8.03. The molecular weight excluding hydrogens is 314 g/mol. The van der Waals surface area contributed by atoms with Gasteiger partial charge in [0.05, 0.1) is 5.56 Å². The van der Waals surface area contributed by atoms with Gasteiger partial charge in [-0.2, -0.15) is 0 Å². The van der Waals surface area contributed by atoms with E-state index in [-0.39, 0.29) is 12.5 Å². The third-order valence-electron chi connectivity index (χ3n) is 4.19. The van der Waals surface area contributed by atoms with E-state index in [0.717, 1.165) is 23.1 Å². The molecule has 0 aliphatic heterocycles. The topological polar surface area (TPSA) is 55.4 Å². The van der Waals surface area contributed by atoms with Gasteiger partial charge in [-0.25, -0.2) is 4.79 Å². The normalized spacial score (nSPS) is 10.4. The summed E-state index contributed by atoms with van der Waals surface area (Å²) in [6.07, 6.45) is 0.753. The molecule has 2 rings (SSSR count). The first-order valence-electron chi connectivity index (χ1n) is 8.44. The number of nitrogens with one attached hydrogen (secondary N) is 1. The van der Waals surface area contributed by atoms with Gasteiger partial charge >= 0.3 is 5.97 Å². The van der Waals surface area contributed by atoms with E-state index >= 15 is 0 Å². The van der Waals surface area contributed by atoms with E-state index in [1.54, 1.807) is 0 Å². The molecule has 0 bridgehead atoms. The van der Waals surface area contributed by atoms with Crippen molar-refractivity contribution in [1.29, 1.82) is 0 Å². The van der Waals surface area contributed by atoms with Crippen molar-refractivity contribution < 1.29 is 14.3 Å². The fourth-order valence-electron chi connectivity index (χ4n) is 2.98. The Bertz CT molecular complexity index is 757. The molecule has 0 aromatic heterocycles. The number of rotatable bonds is 6. The quantitative estimate of drug-likeness (QED) is 0.820. The highest BCUT2D eigenvalue weighted by Gasteiger charge is 2.15. The number of amides is 1. The minimum atomic E-state index is -0.455. The maximum absolute atomic E-state index is 12.2. The van der Waals surface area contributed by atoms with Crippen molar-refractivity contribution in [3.05, 3.63) is 69.8 Å². The molecule has 1 amide bonds. The lowest BCUT2D eigenvalue weighted by Crippen LogP contribution is -2.30. The fraction of sp³-hybridized carbons (Fsp3) is 0.333. The monoisotopic (exact) mass is 339 g/mol. The summed E-state index contributed by atoms with van der Waals surface area (Å²) < 4.78 is 5.17. The van der Waals surface area contributed by atoms with Crippen LogP contribution in [0, 0.1) is 27.7 Å². The largest absolute Gasteiger partial charge is 0.452 e. The first-order chi connectivity index (χ1) is 11.9. The number of esters is 1. The lowest BCUT2D eigenvalue weighted by molar-refractivity contribution is -0.124. The van der Waals surface area contributed by atoms with Crippen LogP contribution in [0.5, 0.6) is 0 Å². The van der Waals surface area contributed by atoms with Gasteiger partial charge < -0.3 is 10.1 Å². The molecule has 0 spiro atoms. The number of ether oxygens (including phenoxy) is 1. The van der Waals surface area contributed by atoms with Crippen LogP contribution in [0.3, 0.4) is 0 Å². The Morgan fingerprint density at radius 1 is 0.960 bits per heavy atom. The average Bonchev–Trinajstić information content (AvgIpc) is 2.54. The lowest BCUT2D eigenvalue weighted by atomic mass is 10.00. The zero-order chi connectivity index (χ0) is 18.4. The number of benzene rings is 2. The summed E-state index contributed by atoms with van der Waals surface area (Å²) in [4.78, 5) is 24.1. The Kier molecular flexibility index (Phi) is 6.34. The summed E-state index contributed by atoms with van der Waals surface area (Å²) in [7, 11) is 0. The van der Waals surface area contributed by atoms with Crippen LogP contribution in [-0.2, 0) is 16.0 Å². The maximum Gasteiger partial charge on any atom is 0.339 e. The van der Waals surface area contributed by atoms with Gasteiger partial charge in [0.1, 0.15) is 0 Å². The second-order valence-corrected chi connectivity index (χ2v) is 6.38. The molecule has 0 heterocycles. The molecular formula is C21H25NO3. The number of carbonyl (C=O) groups excluding carboxylic acids is 2. The van der Waals surface area contributed by atoms with Crippen molar-refractivity contribution in [2.45, 2.75) is 34.1 Å². The molecule has 0 saturated heterocycles.